The smallest absolute Gasteiger partial charge is 0.266 e. The molecule has 0 fully saturated rings. The van der Waals surface area contributed by atoms with Crippen molar-refractivity contribution in [3.8, 4) is 5.75 Å². The van der Waals surface area contributed by atoms with E-state index in [0.717, 1.165) is 6.07 Å². The highest BCUT2D eigenvalue weighted by Crippen LogP contribution is 2.32. The van der Waals surface area contributed by atoms with Crippen molar-refractivity contribution in [3.05, 3.63) is 21.4 Å². The Balaban J connectivity index is 3.23. The fourth-order valence-corrected chi connectivity index (χ4v) is 1.24. The van der Waals surface area contributed by atoms with Gasteiger partial charge in [-0.3, -0.25) is 0 Å². The molecule has 6 heteroatoms. The molecule has 12 heavy (non-hydrogen) atoms. The number of hydrogen-bond donors (Lipinski definition) is 1. The molecule has 0 aliphatic heterocycles. The molecule has 0 amide bonds. The van der Waals surface area contributed by atoms with Crippen molar-refractivity contribution >= 4 is 27.5 Å². The van der Waals surface area contributed by atoms with Gasteiger partial charge < -0.3 is 5.11 Å². The van der Waals surface area contributed by atoms with E-state index in [4.69, 9.17) is 16.7 Å². The van der Waals surface area contributed by atoms with Gasteiger partial charge in [0.05, 0.1) is 5.56 Å². The highest BCUT2D eigenvalue weighted by atomic mass is 79.9. The third-order valence-corrected chi connectivity index (χ3v) is 2.06. The minimum Gasteiger partial charge on any atom is -0.505 e. The average molecular weight is 258 g/mol. The molecular weight excluding hydrogens is 255 g/mol. The van der Waals surface area contributed by atoms with Crippen LogP contribution < -0.4 is 0 Å². The number of pyridine rings is 1. The lowest BCUT2D eigenvalue weighted by Gasteiger charge is -2.03. The summed E-state index contributed by atoms with van der Waals surface area (Å²) in [5.41, 5.74) is -0.475. The maximum atomic E-state index is 12.1. The van der Waals surface area contributed by atoms with Crippen LogP contribution in [0, 0.1) is 0 Å². The van der Waals surface area contributed by atoms with Crippen molar-refractivity contribution in [2.24, 2.45) is 0 Å². The summed E-state index contributed by atoms with van der Waals surface area (Å²) in [4.78, 5) is 3.45. The van der Waals surface area contributed by atoms with Crippen LogP contribution in [0.4, 0.5) is 8.78 Å². The minimum absolute atomic E-state index is 0.0527. The van der Waals surface area contributed by atoms with Crippen LogP contribution in [0.15, 0.2) is 10.7 Å². The number of nitrogens with zero attached hydrogens (tertiary/aromatic N) is 1. The molecule has 0 spiro atoms. The lowest BCUT2D eigenvalue weighted by atomic mass is 10.3. The van der Waals surface area contributed by atoms with Crippen LogP contribution in [-0.4, -0.2) is 10.1 Å². The Morgan fingerprint density at radius 1 is 1.58 bits per heavy atom. The zero-order valence-electron chi connectivity index (χ0n) is 5.56. The molecule has 0 aliphatic carbocycles. The lowest BCUT2D eigenvalue weighted by molar-refractivity contribution is 0.150. The quantitative estimate of drug-likeness (QED) is 0.785. The van der Waals surface area contributed by atoms with E-state index in [1.54, 1.807) is 0 Å². The van der Waals surface area contributed by atoms with Crippen LogP contribution in [0.3, 0.4) is 0 Å². The largest absolute Gasteiger partial charge is 0.505 e. The molecular formula is C6H3BrClF2NO. The van der Waals surface area contributed by atoms with Gasteiger partial charge in [-0.15, -0.1) is 0 Å². The van der Waals surface area contributed by atoms with Gasteiger partial charge in [-0.2, -0.15) is 0 Å². The topological polar surface area (TPSA) is 33.1 Å². The Morgan fingerprint density at radius 3 is 2.67 bits per heavy atom. The van der Waals surface area contributed by atoms with Gasteiger partial charge in [0.25, 0.3) is 6.43 Å². The number of hydrogen-bond acceptors (Lipinski definition) is 2. The molecule has 0 aromatic carbocycles. The van der Waals surface area contributed by atoms with Crippen molar-refractivity contribution in [1.82, 2.24) is 4.98 Å². The summed E-state index contributed by atoms with van der Waals surface area (Å²) in [6.07, 6.45) is -2.73. The zero-order chi connectivity index (χ0) is 9.30. The molecule has 1 rings (SSSR count). The van der Waals surface area contributed by atoms with Gasteiger partial charge in [0.15, 0.2) is 0 Å². The van der Waals surface area contributed by atoms with Crippen molar-refractivity contribution < 1.29 is 13.9 Å². The van der Waals surface area contributed by atoms with E-state index in [1.807, 2.05) is 0 Å². The SMILES string of the molecule is Oc1cc(C(F)F)c(Cl)nc1Br. The standard InChI is InChI=1S/C6H3BrClF2NO/c7-4-3(12)1-2(6(9)10)5(8)11-4/h1,6,12H. The summed E-state index contributed by atoms with van der Waals surface area (Å²) >= 11 is 8.20. The van der Waals surface area contributed by atoms with E-state index in [2.05, 4.69) is 20.9 Å². The Hall–Kier alpha value is -0.420. The fourth-order valence-electron chi connectivity index (χ4n) is 0.627. The molecule has 0 radical (unpaired) electrons. The van der Waals surface area contributed by atoms with Gasteiger partial charge in [0.1, 0.15) is 15.5 Å². The third kappa shape index (κ3) is 1.84. The number of halogens is 4. The summed E-state index contributed by atoms with van der Waals surface area (Å²) in [5.74, 6) is -0.352. The van der Waals surface area contributed by atoms with Gasteiger partial charge in [-0.1, -0.05) is 11.6 Å². The van der Waals surface area contributed by atoms with Gasteiger partial charge in [0.2, 0.25) is 0 Å². The third-order valence-electron chi connectivity index (χ3n) is 1.17. The molecule has 0 bridgehead atoms. The fraction of sp³-hybridized carbons (Fsp3) is 0.167. The maximum Gasteiger partial charge on any atom is 0.266 e. The van der Waals surface area contributed by atoms with Crippen LogP contribution in [0.1, 0.15) is 12.0 Å². The second-order valence-corrected chi connectivity index (χ2v) is 3.09. The Bertz CT molecular complexity index is 308. The van der Waals surface area contributed by atoms with Crippen molar-refractivity contribution in [2.45, 2.75) is 6.43 Å². The van der Waals surface area contributed by atoms with Crippen LogP contribution in [0.25, 0.3) is 0 Å². The first-order valence-electron chi connectivity index (χ1n) is 2.85. The Kier molecular flexibility index (Phi) is 2.85. The second-order valence-electron chi connectivity index (χ2n) is 1.98. The molecule has 66 valence electrons. The van der Waals surface area contributed by atoms with Crippen LogP contribution >= 0.6 is 27.5 Å². The molecule has 0 unspecified atom stereocenters. The number of rotatable bonds is 1. The summed E-state index contributed by atoms with van der Waals surface area (Å²) < 4.78 is 24.2. The predicted molar refractivity (Wildman–Crippen MR) is 43.6 cm³/mol. The van der Waals surface area contributed by atoms with Crippen LogP contribution in [0.5, 0.6) is 5.75 Å². The molecule has 0 saturated heterocycles. The number of alkyl halides is 2. The maximum absolute atomic E-state index is 12.1. The van der Waals surface area contributed by atoms with Gasteiger partial charge in [-0.25, -0.2) is 13.8 Å². The molecule has 1 N–H and O–H groups in total. The van der Waals surface area contributed by atoms with Gasteiger partial charge >= 0.3 is 0 Å². The first-order chi connectivity index (χ1) is 5.52. The molecule has 0 aliphatic rings. The van der Waals surface area contributed by atoms with E-state index in [9.17, 15) is 8.78 Å². The monoisotopic (exact) mass is 257 g/mol. The van der Waals surface area contributed by atoms with Crippen molar-refractivity contribution in [3.63, 3.8) is 0 Å². The van der Waals surface area contributed by atoms with E-state index in [0.29, 0.717) is 0 Å². The lowest BCUT2D eigenvalue weighted by Crippen LogP contribution is -1.89. The van der Waals surface area contributed by atoms with E-state index >= 15 is 0 Å². The zero-order valence-corrected chi connectivity index (χ0v) is 7.90. The highest BCUT2D eigenvalue weighted by molar-refractivity contribution is 9.10. The molecule has 1 heterocycles. The minimum atomic E-state index is -2.73. The van der Waals surface area contributed by atoms with Gasteiger partial charge in [0, 0.05) is 0 Å². The van der Waals surface area contributed by atoms with Crippen LogP contribution in [-0.2, 0) is 0 Å². The molecule has 0 atom stereocenters. The first kappa shape index (κ1) is 9.67. The van der Waals surface area contributed by atoms with E-state index in [-0.39, 0.29) is 15.5 Å². The second kappa shape index (κ2) is 3.53. The summed E-state index contributed by atoms with van der Waals surface area (Å²) in [6, 6.07) is 0.879. The van der Waals surface area contributed by atoms with E-state index < -0.39 is 12.0 Å². The predicted octanol–water partition coefficient (Wildman–Crippen LogP) is 3.14. The number of aromatic hydroxyl groups is 1. The summed E-state index contributed by atoms with van der Waals surface area (Å²) in [7, 11) is 0. The van der Waals surface area contributed by atoms with Crippen molar-refractivity contribution in [2.75, 3.05) is 0 Å². The number of aromatic nitrogens is 1. The highest BCUT2D eigenvalue weighted by Gasteiger charge is 2.15. The normalized spacial score (nSPS) is 10.8. The molecule has 0 saturated carbocycles. The molecule has 1 aromatic rings. The Labute approximate surface area is 80.3 Å². The first-order valence-corrected chi connectivity index (χ1v) is 4.02. The van der Waals surface area contributed by atoms with Crippen LogP contribution in [0.2, 0.25) is 5.15 Å². The molecule has 2 nitrogen and oxygen atoms in total. The summed E-state index contributed by atoms with van der Waals surface area (Å²) in [6.45, 7) is 0. The molecule has 1 aromatic heterocycles. The summed E-state index contributed by atoms with van der Waals surface area (Å²) in [5, 5.41) is 8.66. The Morgan fingerprint density at radius 2 is 2.17 bits per heavy atom. The van der Waals surface area contributed by atoms with Crippen molar-refractivity contribution in [1.29, 1.82) is 0 Å². The van der Waals surface area contributed by atoms with E-state index in [1.165, 1.54) is 0 Å². The average Bonchev–Trinajstić information content (AvgIpc) is 1.96. The van der Waals surface area contributed by atoms with Gasteiger partial charge in [-0.05, 0) is 22.0 Å².